The number of carbonyl (C=O) groups excluding carboxylic acids is 1. The molecule has 10 nitrogen and oxygen atoms in total. The van der Waals surface area contributed by atoms with E-state index in [4.69, 9.17) is 14.2 Å². The van der Waals surface area contributed by atoms with Crippen molar-refractivity contribution in [2.24, 2.45) is 4.99 Å². The lowest BCUT2D eigenvalue weighted by atomic mass is 9.96. The number of thiazole rings is 1. The fraction of sp³-hybridized carbons (Fsp3) is 0.219. The molecule has 1 aliphatic rings. The molecule has 220 valence electrons. The average molecular weight is 600 g/mol. The molecule has 0 amide bonds. The summed E-state index contributed by atoms with van der Waals surface area (Å²) >= 11 is 1.23. The van der Waals surface area contributed by atoms with Gasteiger partial charge in [0.1, 0.15) is 6.61 Å². The van der Waals surface area contributed by atoms with Gasteiger partial charge in [-0.05, 0) is 56.2 Å². The summed E-state index contributed by atoms with van der Waals surface area (Å²) < 4.78 is 19.0. The molecule has 3 aromatic carbocycles. The molecule has 0 N–H and O–H groups in total. The van der Waals surface area contributed by atoms with E-state index in [9.17, 15) is 19.7 Å². The van der Waals surface area contributed by atoms with Crippen molar-refractivity contribution >= 4 is 29.1 Å². The average Bonchev–Trinajstić information content (AvgIpc) is 3.30. The van der Waals surface area contributed by atoms with Crippen LogP contribution in [-0.2, 0) is 16.1 Å². The van der Waals surface area contributed by atoms with E-state index >= 15 is 0 Å². The maximum Gasteiger partial charge on any atom is 0.338 e. The summed E-state index contributed by atoms with van der Waals surface area (Å²) in [6, 6.07) is 20.3. The molecule has 43 heavy (non-hydrogen) atoms. The largest absolute Gasteiger partial charge is 0.490 e. The van der Waals surface area contributed by atoms with Crippen molar-refractivity contribution in [3.05, 3.63) is 131 Å². The van der Waals surface area contributed by atoms with E-state index in [1.807, 2.05) is 37.3 Å². The molecule has 11 heteroatoms. The number of para-hydroxylation sites is 1. The van der Waals surface area contributed by atoms with E-state index in [0.29, 0.717) is 49.8 Å². The lowest BCUT2D eigenvalue weighted by molar-refractivity contribution is -0.385. The molecule has 0 bridgehead atoms. The first-order valence-electron chi connectivity index (χ1n) is 13.7. The SMILES string of the molecule is CCOC(=O)C1=C(C)N=c2s/c(=C\c3ccc(OCc4ccccc4[N+](=O)[O-])c(OCC)c3)c(=O)n2[C@@H]1c1ccccc1. The number of nitro groups is 1. The summed E-state index contributed by atoms with van der Waals surface area (Å²) in [5.74, 6) is 0.340. The monoisotopic (exact) mass is 599 g/mol. The van der Waals surface area contributed by atoms with Gasteiger partial charge < -0.3 is 14.2 Å². The van der Waals surface area contributed by atoms with Crippen LogP contribution < -0.4 is 24.4 Å². The molecule has 2 heterocycles. The second-order valence-electron chi connectivity index (χ2n) is 9.53. The minimum Gasteiger partial charge on any atom is -0.490 e. The van der Waals surface area contributed by atoms with E-state index in [1.54, 1.807) is 60.9 Å². The molecule has 0 saturated carbocycles. The molecule has 0 saturated heterocycles. The lowest BCUT2D eigenvalue weighted by Gasteiger charge is -2.24. The van der Waals surface area contributed by atoms with Gasteiger partial charge in [0.25, 0.3) is 11.2 Å². The van der Waals surface area contributed by atoms with Crippen LogP contribution in [0.15, 0.2) is 93.9 Å². The van der Waals surface area contributed by atoms with Crippen LogP contribution in [0.5, 0.6) is 11.5 Å². The number of hydrogen-bond acceptors (Lipinski definition) is 9. The number of esters is 1. The van der Waals surface area contributed by atoms with Gasteiger partial charge >= 0.3 is 5.97 Å². The van der Waals surface area contributed by atoms with E-state index in [0.717, 1.165) is 5.56 Å². The Bertz CT molecular complexity index is 1890. The van der Waals surface area contributed by atoms with Crippen LogP contribution in [0.3, 0.4) is 0 Å². The molecule has 0 unspecified atom stereocenters. The highest BCUT2D eigenvalue weighted by Crippen LogP contribution is 2.32. The van der Waals surface area contributed by atoms with Gasteiger partial charge in [-0.2, -0.15) is 0 Å². The van der Waals surface area contributed by atoms with Gasteiger partial charge in [0, 0.05) is 6.07 Å². The molecule has 0 radical (unpaired) electrons. The Balaban J connectivity index is 1.53. The molecule has 0 spiro atoms. The minimum atomic E-state index is -0.685. The number of aromatic nitrogens is 1. The zero-order chi connectivity index (χ0) is 30.5. The standard InChI is InChI=1S/C32H29N3O7S/c1-4-40-26-17-21(15-16-25(26)42-19-23-13-9-10-14-24(23)35(38)39)18-27-30(36)34-29(22-11-7-6-8-12-22)28(31(37)41-5-2)20(3)33-32(34)43-27/h6-18,29H,4-5,19H2,1-3H3/b27-18-/t29-/m1/s1. The number of nitro benzene ring substituents is 1. The summed E-state index contributed by atoms with van der Waals surface area (Å²) in [5.41, 5.74) is 2.40. The zero-order valence-electron chi connectivity index (χ0n) is 23.8. The van der Waals surface area contributed by atoms with Crippen LogP contribution in [0.1, 0.15) is 43.5 Å². The number of carbonyl (C=O) groups is 1. The van der Waals surface area contributed by atoms with Crippen LogP contribution in [-0.4, -0.2) is 28.7 Å². The Kier molecular flexibility index (Phi) is 8.82. The summed E-state index contributed by atoms with van der Waals surface area (Å²) in [7, 11) is 0. The molecule has 1 aromatic heterocycles. The van der Waals surface area contributed by atoms with Crippen LogP contribution in [0.2, 0.25) is 0 Å². The van der Waals surface area contributed by atoms with Crippen LogP contribution >= 0.6 is 11.3 Å². The Morgan fingerprint density at radius 1 is 1.02 bits per heavy atom. The van der Waals surface area contributed by atoms with Crippen molar-refractivity contribution in [2.45, 2.75) is 33.4 Å². The molecular formula is C32H29N3O7S. The van der Waals surface area contributed by atoms with Crippen molar-refractivity contribution in [2.75, 3.05) is 13.2 Å². The zero-order valence-corrected chi connectivity index (χ0v) is 24.6. The van der Waals surface area contributed by atoms with Gasteiger partial charge in [-0.3, -0.25) is 19.5 Å². The van der Waals surface area contributed by atoms with Gasteiger partial charge in [0.2, 0.25) is 0 Å². The fourth-order valence-corrected chi connectivity index (χ4v) is 5.91. The van der Waals surface area contributed by atoms with Crippen LogP contribution in [0.4, 0.5) is 5.69 Å². The maximum atomic E-state index is 13.9. The lowest BCUT2D eigenvalue weighted by Crippen LogP contribution is -2.39. The van der Waals surface area contributed by atoms with E-state index in [2.05, 4.69) is 4.99 Å². The number of hydrogen-bond donors (Lipinski definition) is 0. The summed E-state index contributed by atoms with van der Waals surface area (Å²) in [6.45, 7) is 5.86. The first kappa shape index (κ1) is 29.5. The highest BCUT2D eigenvalue weighted by atomic mass is 32.1. The maximum absolute atomic E-state index is 13.9. The summed E-state index contributed by atoms with van der Waals surface area (Å²) in [5, 5.41) is 11.4. The van der Waals surface area contributed by atoms with Crippen molar-refractivity contribution in [3.63, 3.8) is 0 Å². The first-order chi connectivity index (χ1) is 20.8. The summed E-state index contributed by atoms with van der Waals surface area (Å²) in [6.07, 6.45) is 1.74. The molecular weight excluding hydrogens is 570 g/mol. The molecule has 0 fully saturated rings. The Morgan fingerprint density at radius 3 is 2.49 bits per heavy atom. The minimum absolute atomic E-state index is 0.0171. The van der Waals surface area contributed by atoms with Gasteiger partial charge in [0.05, 0.1) is 45.5 Å². The molecule has 1 atom stereocenters. The topological polar surface area (TPSA) is 122 Å². The van der Waals surface area contributed by atoms with E-state index in [-0.39, 0.29) is 24.5 Å². The van der Waals surface area contributed by atoms with Gasteiger partial charge in [-0.15, -0.1) is 0 Å². The van der Waals surface area contributed by atoms with E-state index in [1.165, 1.54) is 17.4 Å². The third-order valence-electron chi connectivity index (χ3n) is 6.77. The number of fused-ring (bicyclic) bond motifs is 1. The Morgan fingerprint density at radius 2 is 1.77 bits per heavy atom. The van der Waals surface area contributed by atoms with Gasteiger partial charge in [0.15, 0.2) is 16.3 Å². The van der Waals surface area contributed by atoms with Crippen molar-refractivity contribution in [1.29, 1.82) is 0 Å². The predicted molar refractivity (Wildman–Crippen MR) is 162 cm³/mol. The number of allylic oxidation sites excluding steroid dienone is 1. The number of benzene rings is 3. The van der Waals surface area contributed by atoms with Gasteiger partial charge in [-0.25, -0.2) is 9.79 Å². The number of ether oxygens (including phenoxy) is 3. The van der Waals surface area contributed by atoms with Crippen LogP contribution in [0.25, 0.3) is 6.08 Å². The fourth-order valence-electron chi connectivity index (χ4n) is 4.86. The van der Waals surface area contributed by atoms with Crippen LogP contribution in [0, 0.1) is 10.1 Å². The normalized spacial score (nSPS) is 14.6. The van der Waals surface area contributed by atoms with Crippen molar-refractivity contribution in [3.8, 4) is 11.5 Å². The summed E-state index contributed by atoms with van der Waals surface area (Å²) in [4.78, 5) is 42.9. The molecule has 1 aliphatic heterocycles. The van der Waals surface area contributed by atoms with Gasteiger partial charge in [-0.1, -0.05) is 59.9 Å². The predicted octanol–water partition coefficient (Wildman–Crippen LogP) is 4.68. The van der Waals surface area contributed by atoms with Crippen molar-refractivity contribution < 1.29 is 23.9 Å². The molecule has 0 aliphatic carbocycles. The third kappa shape index (κ3) is 6.12. The Hall–Kier alpha value is -5.03. The highest BCUT2D eigenvalue weighted by Gasteiger charge is 2.33. The number of rotatable bonds is 10. The second-order valence-corrected chi connectivity index (χ2v) is 10.5. The third-order valence-corrected chi connectivity index (χ3v) is 7.75. The quantitative estimate of drug-likeness (QED) is 0.147. The highest BCUT2D eigenvalue weighted by molar-refractivity contribution is 7.07. The second kappa shape index (κ2) is 12.9. The smallest absolute Gasteiger partial charge is 0.338 e. The van der Waals surface area contributed by atoms with E-state index < -0.39 is 16.9 Å². The van der Waals surface area contributed by atoms with Crippen molar-refractivity contribution in [1.82, 2.24) is 4.57 Å². The number of nitrogens with zero attached hydrogens (tertiary/aromatic N) is 3. The first-order valence-corrected chi connectivity index (χ1v) is 14.5. The Labute approximate surface area is 251 Å². The molecule has 4 aromatic rings. The molecule has 5 rings (SSSR count).